The Balaban J connectivity index is 1.61. The van der Waals surface area contributed by atoms with Gasteiger partial charge in [-0.3, -0.25) is 4.79 Å². The second-order valence-electron chi connectivity index (χ2n) is 8.41. The number of rotatable bonds is 6. The number of aryl methyl sites for hydroxylation is 1. The SMILES string of the molecule is CCc1ccccc1C(=O)c1ccc2[nH]cc(C3CCN(C(C)CC)CC3)c2c1. The molecule has 2 aromatic carbocycles. The summed E-state index contributed by atoms with van der Waals surface area (Å²) >= 11 is 0. The first-order valence-electron chi connectivity index (χ1n) is 11.1. The molecule has 3 nitrogen and oxygen atoms in total. The molecule has 0 spiro atoms. The fourth-order valence-electron chi connectivity index (χ4n) is 4.74. The molecule has 2 heterocycles. The molecule has 1 saturated heterocycles. The fraction of sp³-hybridized carbons (Fsp3) is 0.423. The molecule has 1 unspecified atom stereocenters. The van der Waals surface area contributed by atoms with Crippen molar-refractivity contribution >= 4 is 16.7 Å². The van der Waals surface area contributed by atoms with Crippen LogP contribution in [0.15, 0.2) is 48.7 Å². The molecule has 29 heavy (non-hydrogen) atoms. The summed E-state index contributed by atoms with van der Waals surface area (Å²) in [6, 6.07) is 14.8. The summed E-state index contributed by atoms with van der Waals surface area (Å²) in [5.74, 6) is 0.695. The molecule has 0 radical (unpaired) electrons. The van der Waals surface area contributed by atoms with Crippen LogP contribution in [0.2, 0.25) is 0 Å². The van der Waals surface area contributed by atoms with E-state index in [9.17, 15) is 4.79 Å². The highest BCUT2D eigenvalue weighted by atomic mass is 16.1. The average molecular weight is 389 g/mol. The van der Waals surface area contributed by atoms with E-state index in [1.807, 2.05) is 24.3 Å². The molecule has 0 amide bonds. The zero-order chi connectivity index (χ0) is 20.4. The molecule has 1 aliphatic heterocycles. The van der Waals surface area contributed by atoms with Gasteiger partial charge in [-0.15, -0.1) is 0 Å². The zero-order valence-electron chi connectivity index (χ0n) is 17.9. The van der Waals surface area contributed by atoms with Gasteiger partial charge in [-0.1, -0.05) is 38.1 Å². The molecule has 152 valence electrons. The highest BCUT2D eigenvalue weighted by Crippen LogP contribution is 2.34. The number of carbonyl (C=O) groups excluding carboxylic acids is 1. The number of hydrogen-bond donors (Lipinski definition) is 1. The molecule has 0 bridgehead atoms. The second-order valence-corrected chi connectivity index (χ2v) is 8.41. The van der Waals surface area contributed by atoms with Crippen LogP contribution in [0.25, 0.3) is 10.9 Å². The Kier molecular flexibility index (Phi) is 5.86. The van der Waals surface area contributed by atoms with Crippen molar-refractivity contribution in [2.45, 2.75) is 58.4 Å². The van der Waals surface area contributed by atoms with Gasteiger partial charge in [-0.25, -0.2) is 0 Å². The quantitative estimate of drug-likeness (QED) is 0.531. The van der Waals surface area contributed by atoms with E-state index in [-0.39, 0.29) is 5.78 Å². The number of ketones is 1. The zero-order valence-corrected chi connectivity index (χ0v) is 17.9. The average Bonchev–Trinajstić information content (AvgIpc) is 3.21. The number of benzene rings is 2. The van der Waals surface area contributed by atoms with Crippen molar-refractivity contribution in [3.63, 3.8) is 0 Å². The molecular formula is C26H32N2O. The van der Waals surface area contributed by atoms with Crippen molar-refractivity contribution in [2.24, 2.45) is 0 Å². The smallest absolute Gasteiger partial charge is 0.193 e. The van der Waals surface area contributed by atoms with E-state index < -0.39 is 0 Å². The summed E-state index contributed by atoms with van der Waals surface area (Å²) in [5.41, 5.74) is 5.24. The number of H-pyrrole nitrogens is 1. The highest BCUT2D eigenvalue weighted by Gasteiger charge is 2.25. The molecule has 1 fully saturated rings. The number of hydrogen-bond acceptors (Lipinski definition) is 2. The first-order valence-corrected chi connectivity index (χ1v) is 11.1. The molecule has 1 N–H and O–H groups in total. The van der Waals surface area contributed by atoms with Gasteiger partial charge in [0.1, 0.15) is 0 Å². The van der Waals surface area contributed by atoms with Crippen molar-refractivity contribution in [1.82, 2.24) is 9.88 Å². The van der Waals surface area contributed by atoms with Gasteiger partial charge in [0.05, 0.1) is 0 Å². The summed E-state index contributed by atoms with van der Waals surface area (Å²) in [4.78, 5) is 19.3. The number of aromatic nitrogens is 1. The molecule has 0 saturated carbocycles. The lowest BCUT2D eigenvalue weighted by Crippen LogP contribution is -2.39. The van der Waals surface area contributed by atoms with Crippen LogP contribution < -0.4 is 0 Å². The molecule has 0 aliphatic carbocycles. The third kappa shape index (κ3) is 3.89. The van der Waals surface area contributed by atoms with E-state index in [0.29, 0.717) is 12.0 Å². The van der Waals surface area contributed by atoms with Crippen LogP contribution in [-0.4, -0.2) is 34.8 Å². The van der Waals surface area contributed by atoms with Crippen LogP contribution in [0.5, 0.6) is 0 Å². The van der Waals surface area contributed by atoms with Gasteiger partial charge in [-0.05, 0) is 80.9 Å². The van der Waals surface area contributed by atoms with E-state index in [1.165, 1.54) is 30.2 Å². The number of nitrogens with zero attached hydrogens (tertiary/aromatic N) is 1. The minimum atomic E-state index is 0.128. The van der Waals surface area contributed by atoms with Gasteiger partial charge in [0, 0.05) is 34.3 Å². The Bertz CT molecular complexity index is 995. The lowest BCUT2D eigenvalue weighted by molar-refractivity contribution is 0.103. The summed E-state index contributed by atoms with van der Waals surface area (Å²) in [6.45, 7) is 9.03. The Morgan fingerprint density at radius 3 is 2.62 bits per heavy atom. The maximum atomic E-state index is 13.2. The fourth-order valence-corrected chi connectivity index (χ4v) is 4.74. The van der Waals surface area contributed by atoms with E-state index in [0.717, 1.165) is 41.7 Å². The van der Waals surface area contributed by atoms with Gasteiger partial charge >= 0.3 is 0 Å². The summed E-state index contributed by atoms with van der Waals surface area (Å²) in [6.07, 6.45) is 6.63. The number of piperidine rings is 1. The standard InChI is InChI=1S/C26H32N2O/c1-4-18(3)28-14-12-20(13-15-28)24-17-27-25-11-10-21(16-23(24)25)26(29)22-9-7-6-8-19(22)5-2/h6-11,16-18,20,27H,4-5,12-15H2,1-3H3. The largest absolute Gasteiger partial charge is 0.361 e. The number of carbonyl (C=O) groups is 1. The third-order valence-corrected chi connectivity index (χ3v) is 6.80. The number of fused-ring (bicyclic) bond motifs is 1. The van der Waals surface area contributed by atoms with Crippen molar-refractivity contribution in [1.29, 1.82) is 0 Å². The normalized spacial score (nSPS) is 16.9. The van der Waals surface area contributed by atoms with E-state index in [1.54, 1.807) is 0 Å². The van der Waals surface area contributed by atoms with Gasteiger partial charge in [0.25, 0.3) is 0 Å². The monoisotopic (exact) mass is 388 g/mol. The molecule has 1 aromatic heterocycles. The minimum Gasteiger partial charge on any atom is -0.361 e. The van der Waals surface area contributed by atoms with Gasteiger partial charge < -0.3 is 9.88 Å². The molecule has 1 atom stereocenters. The van der Waals surface area contributed by atoms with Crippen LogP contribution in [0.4, 0.5) is 0 Å². The number of likely N-dealkylation sites (tertiary alicyclic amines) is 1. The third-order valence-electron chi connectivity index (χ3n) is 6.80. The Labute approximate surface area is 174 Å². The first-order chi connectivity index (χ1) is 14.1. The Hall–Kier alpha value is -2.39. The van der Waals surface area contributed by atoms with E-state index >= 15 is 0 Å². The first kappa shape index (κ1) is 19.9. The molecule has 3 aromatic rings. The van der Waals surface area contributed by atoms with E-state index in [2.05, 4.69) is 55.1 Å². The van der Waals surface area contributed by atoms with Gasteiger partial charge in [0.2, 0.25) is 0 Å². The van der Waals surface area contributed by atoms with Crippen molar-refractivity contribution < 1.29 is 4.79 Å². The molecule has 4 rings (SSSR count). The highest BCUT2D eigenvalue weighted by molar-refractivity contribution is 6.11. The van der Waals surface area contributed by atoms with Crippen LogP contribution in [0, 0.1) is 0 Å². The van der Waals surface area contributed by atoms with Crippen LogP contribution in [-0.2, 0) is 6.42 Å². The molecule has 3 heteroatoms. The summed E-state index contributed by atoms with van der Waals surface area (Å²) < 4.78 is 0. The number of nitrogens with one attached hydrogen (secondary N) is 1. The van der Waals surface area contributed by atoms with E-state index in [4.69, 9.17) is 0 Å². The van der Waals surface area contributed by atoms with Crippen LogP contribution in [0.1, 0.15) is 73.0 Å². The maximum Gasteiger partial charge on any atom is 0.193 e. The summed E-state index contributed by atoms with van der Waals surface area (Å²) in [7, 11) is 0. The van der Waals surface area contributed by atoms with Crippen molar-refractivity contribution in [2.75, 3.05) is 13.1 Å². The predicted molar refractivity (Wildman–Crippen MR) is 121 cm³/mol. The van der Waals surface area contributed by atoms with Crippen molar-refractivity contribution in [3.8, 4) is 0 Å². The van der Waals surface area contributed by atoms with Crippen LogP contribution in [0.3, 0.4) is 0 Å². The second kappa shape index (κ2) is 8.54. The van der Waals surface area contributed by atoms with Crippen molar-refractivity contribution in [3.05, 3.63) is 70.9 Å². The topological polar surface area (TPSA) is 36.1 Å². The lowest BCUT2D eigenvalue weighted by Gasteiger charge is -2.35. The van der Waals surface area contributed by atoms with Gasteiger partial charge in [0.15, 0.2) is 5.78 Å². The maximum absolute atomic E-state index is 13.2. The Morgan fingerprint density at radius 2 is 1.90 bits per heavy atom. The predicted octanol–water partition coefficient (Wildman–Crippen LogP) is 5.94. The van der Waals surface area contributed by atoms with Gasteiger partial charge in [-0.2, -0.15) is 0 Å². The Morgan fingerprint density at radius 1 is 1.14 bits per heavy atom. The molecular weight excluding hydrogens is 356 g/mol. The van der Waals surface area contributed by atoms with Crippen LogP contribution >= 0.6 is 0 Å². The minimum absolute atomic E-state index is 0.128. The summed E-state index contributed by atoms with van der Waals surface area (Å²) in [5, 5.41) is 1.21. The lowest BCUT2D eigenvalue weighted by atomic mass is 9.87. The number of aromatic amines is 1. The molecule has 1 aliphatic rings.